The SMILES string of the molecule is Cc1[nH]c(=O)c(C#N)c(C)c1CCC(=O)NCC(c1ccc(Cl)cc1)N1CCOCC1. The van der Waals surface area contributed by atoms with Gasteiger partial charge in [0.25, 0.3) is 5.56 Å². The fourth-order valence-corrected chi connectivity index (χ4v) is 4.12. The first-order valence-corrected chi connectivity index (χ1v) is 10.7. The Kier molecular flexibility index (Phi) is 7.85. The normalized spacial score (nSPS) is 15.3. The van der Waals surface area contributed by atoms with Gasteiger partial charge in [-0.3, -0.25) is 14.5 Å². The van der Waals surface area contributed by atoms with Crippen molar-refractivity contribution in [1.82, 2.24) is 15.2 Å². The largest absolute Gasteiger partial charge is 0.379 e. The number of aryl methyl sites for hydroxylation is 1. The molecule has 2 heterocycles. The van der Waals surface area contributed by atoms with Crippen LogP contribution in [0, 0.1) is 25.2 Å². The summed E-state index contributed by atoms with van der Waals surface area (Å²) in [6.45, 7) is 6.97. The van der Waals surface area contributed by atoms with Crippen LogP contribution >= 0.6 is 11.6 Å². The predicted molar refractivity (Wildman–Crippen MR) is 119 cm³/mol. The lowest BCUT2D eigenvalue weighted by Gasteiger charge is -2.35. The van der Waals surface area contributed by atoms with E-state index in [0.717, 1.165) is 24.2 Å². The number of morpholine rings is 1. The Morgan fingerprint density at radius 3 is 2.61 bits per heavy atom. The molecule has 164 valence electrons. The van der Waals surface area contributed by atoms with Gasteiger partial charge in [0.2, 0.25) is 5.91 Å². The van der Waals surface area contributed by atoms with E-state index in [1.165, 1.54) is 0 Å². The van der Waals surface area contributed by atoms with Crippen molar-refractivity contribution in [2.45, 2.75) is 32.7 Å². The van der Waals surface area contributed by atoms with Crippen LogP contribution < -0.4 is 10.9 Å². The zero-order valence-electron chi connectivity index (χ0n) is 17.8. The van der Waals surface area contributed by atoms with Gasteiger partial charge >= 0.3 is 0 Å². The molecule has 0 saturated carbocycles. The van der Waals surface area contributed by atoms with Crippen molar-refractivity contribution in [3.05, 3.63) is 67.6 Å². The topological polar surface area (TPSA) is 98.2 Å². The number of rotatable bonds is 7. The zero-order valence-corrected chi connectivity index (χ0v) is 18.6. The third kappa shape index (κ3) is 5.73. The average molecular weight is 443 g/mol. The summed E-state index contributed by atoms with van der Waals surface area (Å²) in [6, 6.07) is 9.69. The molecule has 0 aliphatic carbocycles. The van der Waals surface area contributed by atoms with Gasteiger partial charge in [0, 0.05) is 36.8 Å². The van der Waals surface area contributed by atoms with Gasteiger partial charge in [-0.2, -0.15) is 5.26 Å². The molecule has 1 aliphatic rings. The molecule has 1 aliphatic heterocycles. The van der Waals surface area contributed by atoms with Crippen molar-refractivity contribution in [3.63, 3.8) is 0 Å². The second-order valence-corrected chi connectivity index (χ2v) is 8.13. The first kappa shape index (κ1) is 23.0. The monoisotopic (exact) mass is 442 g/mol. The molecule has 1 amide bonds. The van der Waals surface area contributed by atoms with Crippen LogP contribution in [0.4, 0.5) is 0 Å². The number of ether oxygens (including phenoxy) is 1. The number of benzene rings is 1. The average Bonchev–Trinajstić information content (AvgIpc) is 2.75. The van der Waals surface area contributed by atoms with E-state index in [4.69, 9.17) is 16.3 Å². The molecular weight excluding hydrogens is 416 g/mol. The van der Waals surface area contributed by atoms with Gasteiger partial charge in [-0.1, -0.05) is 23.7 Å². The molecule has 3 rings (SSSR count). The second-order valence-electron chi connectivity index (χ2n) is 7.69. The second kappa shape index (κ2) is 10.6. The van der Waals surface area contributed by atoms with E-state index in [2.05, 4.69) is 15.2 Å². The van der Waals surface area contributed by atoms with Gasteiger partial charge in [-0.25, -0.2) is 0 Å². The Balaban J connectivity index is 1.66. The summed E-state index contributed by atoms with van der Waals surface area (Å²) < 4.78 is 5.47. The third-order valence-electron chi connectivity index (χ3n) is 5.76. The summed E-state index contributed by atoms with van der Waals surface area (Å²) in [5.41, 5.74) is 3.00. The molecule has 0 spiro atoms. The number of nitrogens with one attached hydrogen (secondary N) is 2. The standard InChI is InChI=1S/C23H27ClN4O3/c1-15-19(16(2)27-23(30)20(15)13-25)7-8-22(29)26-14-21(28-9-11-31-12-10-28)17-3-5-18(24)6-4-17/h3-6,21H,7-12,14H2,1-2H3,(H,26,29)(H,27,30). The van der Waals surface area contributed by atoms with E-state index >= 15 is 0 Å². The summed E-state index contributed by atoms with van der Waals surface area (Å²) >= 11 is 6.04. The number of hydrogen-bond acceptors (Lipinski definition) is 5. The van der Waals surface area contributed by atoms with Crippen molar-refractivity contribution in [1.29, 1.82) is 5.26 Å². The van der Waals surface area contributed by atoms with Crippen molar-refractivity contribution < 1.29 is 9.53 Å². The third-order valence-corrected chi connectivity index (χ3v) is 6.01. The van der Waals surface area contributed by atoms with E-state index in [1.807, 2.05) is 30.3 Å². The molecule has 0 radical (unpaired) electrons. The molecule has 1 saturated heterocycles. The van der Waals surface area contributed by atoms with Gasteiger partial charge in [0.15, 0.2) is 0 Å². The summed E-state index contributed by atoms with van der Waals surface area (Å²) in [7, 11) is 0. The number of nitrogens with zero attached hydrogens (tertiary/aromatic N) is 2. The number of H-pyrrole nitrogens is 1. The lowest BCUT2D eigenvalue weighted by molar-refractivity contribution is -0.121. The molecule has 1 atom stereocenters. The van der Waals surface area contributed by atoms with Crippen LogP contribution in [0.25, 0.3) is 0 Å². The minimum Gasteiger partial charge on any atom is -0.379 e. The van der Waals surface area contributed by atoms with E-state index in [9.17, 15) is 14.9 Å². The molecule has 1 fully saturated rings. The Hall–Kier alpha value is -2.66. The summed E-state index contributed by atoms with van der Waals surface area (Å²) in [5, 5.41) is 12.9. The van der Waals surface area contributed by atoms with Crippen LogP contribution in [-0.2, 0) is 16.0 Å². The van der Waals surface area contributed by atoms with Gasteiger partial charge in [-0.05, 0) is 49.1 Å². The van der Waals surface area contributed by atoms with Crippen LogP contribution in [-0.4, -0.2) is 48.6 Å². The highest BCUT2D eigenvalue weighted by molar-refractivity contribution is 6.30. The fourth-order valence-electron chi connectivity index (χ4n) is 3.99. The lowest BCUT2D eigenvalue weighted by atomic mass is 9.99. The number of halogens is 1. The zero-order chi connectivity index (χ0) is 22.4. The number of amides is 1. The van der Waals surface area contributed by atoms with Crippen LogP contribution in [0.1, 0.15) is 40.4 Å². The summed E-state index contributed by atoms with van der Waals surface area (Å²) in [6.07, 6.45) is 0.729. The summed E-state index contributed by atoms with van der Waals surface area (Å²) in [4.78, 5) is 29.5. The number of aromatic nitrogens is 1. The number of pyridine rings is 1. The molecular formula is C23H27ClN4O3. The van der Waals surface area contributed by atoms with Crippen molar-refractivity contribution in [2.75, 3.05) is 32.8 Å². The van der Waals surface area contributed by atoms with Crippen molar-refractivity contribution in [3.8, 4) is 6.07 Å². The Morgan fingerprint density at radius 2 is 1.97 bits per heavy atom. The van der Waals surface area contributed by atoms with Crippen molar-refractivity contribution in [2.24, 2.45) is 0 Å². The number of aromatic amines is 1. The van der Waals surface area contributed by atoms with Crippen LogP contribution in [0.15, 0.2) is 29.1 Å². The van der Waals surface area contributed by atoms with Crippen LogP contribution in [0.5, 0.6) is 0 Å². The fraction of sp³-hybridized carbons (Fsp3) is 0.435. The molecule has 7 nitrogen and oxygen atoms in total. The maximum atomic E-state index is 12.6. The van der Waals surface area contributed by atoms with Gasteiger partial charge in [0.1, 0.15) is 11.6 Å². The van der Waals surface area contributed by atoms with E-state index in [1.54, 1.807) is 13.8 Å². The Morgan fingerprint density at radius 1 is 1.29 bits per heavy atom. The first-order valence-electron chi connectivity index (χ1n) is 10.4. The lowest BCUT2D eigenvalue weighted by Crippen LogP contribution is -2.43. The van der Waals surface area contributed by atoms with E-state index < -0.39 is 0 Å². The van der Waals surface area contributed by atoms with E-state index in [-0.39, 0.29) is 29.5 Å². The van der Waals surface area contributed by atoms with Crippen molar-refractivity contribution >= 4 is 17.5 Å². The van der Waals surface area contributed by atoms with Gasteiger partial charge in [-0.15, -0.1) is 0 Å². The summed E-state index contributed by atoms with van der Waals surface area (Å²) in [5.74, 6) is -0.0734. The molecule has 31 heavy (non-hydrogen) atoms. The molecule has 0 bridgehead atoms. The highest BCUT2D eigenvalue weighted by Crippen LogP contribution is 2.23. The predicted octanol–water partition coefficient (Wildman–Crippen LogP) is 2.64. The first-order chi connectivity index (χ1) is 14.9. The highest BCUT2D eigenvalue weighted by atomic mass is 35.5. The molecule has 1 unspecified atom stereocenters. The molecule has 8 heteroatoms. The quantitative estimate of drug-likeness (QED) is 0.686. The minimum atomic E-state index is -0.387. The Bertz CT molecular complexity index is 1020. The molecule has 1 aromatic carbocycles. The van der Waals surface area contributed by atoms with E-state index in [0.29, 0.717) is 42.5 Å². The maximum absolute atomic E-state index is 12.6. The molecule has 1 aromatic heterocycles. The highest BCUT2D eigenvalue weighted by Gasteiger charge is 2.23. The van der Waals surface area contributed by atoms with Gasteiger partial charge in [0.05, 0.1) is 19.3 Å². The molecule has 2 aromatic rings. The van der Waals surface area contributed by atoms with Gasteiger partial charge < -0.3 is 15.0 Å². The minimum absolute atomic E-state index is 0.0341. The number of hydrogen-bond donors (Lipinski definition) is 2. The number of nitriles is 1. The Labute approximate surface area is 187 Å². The number of carbonyl (C=O) groups is 1. The van der Waals surface area contributed by atoms with Crippen LogP contribution in [0.2, 0.25) is 5.02 Å². The van der Waals surface area contributed by atoms with Crippen LogP contribution in [0.3, 0.4) is 0 Å². The number of carbonyl (C=O) groups excluding carboxylic acids is 1. The maximum Gasteiger partial charge on any atom is 0.266 e. The molecule has 2 N–H and O–H groups in total. The smallest absolute Gasteiger partial charge is 0.266 e.